The molecule has 0 spiro atoms. The molecule has 9 heteroatoms. The molecule has 0 aliphatic carbocycles. The number of aliphatic imine (C=N–C) groups is 1. The second-order valence-corrected chi connectivity index (χ2v) is 13.9. The molecule has 6 heterocycles. The third kappa shape index (κ3) is 5.31. The number of benzene rings is 2. The number of likely N-dealkylation sites (N-methyl/N-ethyl adjacent to an activating group) is 2. The summed E-state index contributed by atoms with van der Waals surface area (Å²) in [7, 11) is 4.13. The molecule has 4 fully saturated rings. The van der Waals surface area contributed by atoms with Gasteiger partial charge < -0.3 is 14.8 Å². The number of imidazole rings is 1. The summed E-state index contributed by atoms with van der Waals surface area (Å²) in [6.07, 6.45) is 8.83. The first-order valence-electron chi connectivity index (χ1n) is 17.2. The molecule has 1 aromatic heterocycles. The SMILES string of the molecule is CN1CCC[C@H]1C(=O)N1CCCC1C1=Nc2ccc(C#Cc3ccc4nc([C@@H]5CCCN5C(=O)[C@@H]5CCCN5C)[nH]c4c3)cc2C1. The Balaban J connectivity index is 0.954. The smallest absolute Gasteiger partial charge is 0.240 e. The van der Waals surface area contributed by atoms with E-state index in [2.05, 4.69) is 63.8 Å². The van der Waals surface area contributed by atoms with E-state index in [-0.39, 0.29) is 36.0 Å². The number of aromatic amines is 1. The number of rotatable bonds is 4. The zero-order valence-electron chi connectivity index (χ0n) is 27.0. The quantitative estimate of drug-likeness (QED) is 0.438. The highest BCUT2D eigenvalue weighted by Gasteiger charge is 2.40. The predicted octanol–water partition coefficient (Wildman–Crippen LogP) is 4.43. The first-order valence-corrected chi connectivity index (χ1v) is 17.2. The number of aromatic nitrogens is 2. The van der Waals surface area contributed by atoms with Crippen molar-refractivity contribution in [2.75, 3.05) is 40.3 Å². The molecule has 46 heavy (non-hydrogen) atoms. The summed E-state index contributed by atoms with van der Waals surface area (Å²) < 4.78 is 0. The van der Waals surface area contributed by atoms with Gasteiger partial charge in [-0.3, -0.25) is 24.4 Å². The maximum atomic E-state index is 13.4. The summed E-state index contributed by atoms with van der Waals surface area (Å²) in [4.78, 5) is 48.8. The Morgan fingerprint density at radius 3 is 2.04 bits per heavy atom. The normalized spacial score (nSPS) is 26.5. The van der Waals surface area contributed by atoms with Gasteiger partial charge in [-0.15, -0.1) is 0 Å². The van der Waals surface area contributed by atoms with Gasteiger partial charge in [0.05, 0.1) is 40.9 Å². The minimum absolute atomic E-state index is 0.000406. The summed E-state index contributed by atoms with van der Waals surface area (Å²) >= 11 is 0. The molecule has 238 valence electrons. The topological polar surface area (TPSA) is 88.1 Å². The lowest BCUT2D eigenvalue weighted by Crippen LogP contribution is -2.48. The van der Waals surface area contributed by atoms with Crippen molar-refractivity contribution in [3.05, 3.63) is 58.9 Å². The minimum atomic E-state index is -0.00491. The van der Waals surface area contributed by atoms with E-state index >= 15 is 0 Å². The van der Waals surface area contributed by atoms with Gasteiger partial charge in [0.1, 0.15) is 5.82 Å². The van der Waals surface area contributed by atoms with E-state index in [1.165, 1.54) is 5.56 Å². The van der Waals surface area contributed by atoms with Crippen molar-refractivity contribution < 1.29 is 9.59 Å². The van der Waals surface area contributed by atoms with Gasteiger partial charge in [-0.05, 0) is 121 Å². The van der Waals surface area contributed by atoms with Gasteiger partial charge in [-0.25, -0.2) is 4.98 Å². The van der Waals surface area contributed by atoms with Gasteiger partial charge in [-0.2, -0.15) is 0 Å². The molecule has 4 atom stereocenters. The Morgan fingerprint density at radius 1 is 0.761 bits per heavy atom. The number of carbonyl (C=O) groups is 2. The maximum Gasteiger partial charge on any atom is 0.240 e. The van der Waals surface area contributed by atoms with Crippen LogP contribution in [0.1, 0.15) is 79.9 Å². The lowest BCUT2D eigenvalue weighted by atomic mass is 10.0. The van der Waals surface area contributed by atoms with Gasteiger partial charge in [0, 0.05) is 36.3 Å². The van der Waals surface area contributed by atoms with Crippen LogP contribution < -0.4 is 0 Å². The number of nitrogens with one attached hydrogen (secondary N) is 1. The number of carbonyl (C=O) groups excluding carboxylic acids is 2. The summed E-state index contributed by atoms with van der Waals surface area (Å²) in [5, 5.41) is 0. The molecule has 0 radical (unpaired) electrons. The number of amides is 2. The summed E-state index contributed by atoms with van der Waals surface area (Å²) in [5.41, 5.74) is 7.04. The molecule has 2 aromatic carbocycles. The average Bonchev–Trinajstić information content (AvgIpc) is 3.90. The highest BCUT2D eigenvalue weighted by Crippen LogP contribution is 2.35. The molecule has 1 unspecified atom stereocenters. The largest absolute Gasteiger partial charge is 0.340 e. The van der Waals surface area contributed by atoms with Crippen molar-refractivity contribution in [2.45, 2.75) is 82.0 Å². The predicted molar refractivity (Wildman–Crippen MR) is 179 cm³/mol. The number of hydrogen-bond donors (Lipinski definition) is 1. The second kappa shape index (κ2) is 12.0. The zero-order valence-corrected chi connectivity index (χ0v) is 27.0. The Hall–Kier alpha value is -4.00. The van der Waals surface area contributed by atoms with Crippen molar-refractivity contribution in [3.63, 3.8) is 0 Å². The van der Waals surface area contributed by atoms with Crippen molar-refractivity contribution in [3.8, 4) is 11.8 Å². The highest BCUT2D eigenvalue weighted by molar-refractivity contribution is 6.00. The van der Waals surface area contributed by atoms with Crippen LogP contribution in [0.25, 0.3) is 11.0 Å². The number of fused-ring (bicyclic) bond motifs is 2. The fourth-order valence-electron chi connectivity index (χ4n) is 8.42. The van der Waals surface area contributed by atoms with Gasteiger partial charge in [0.25, 0.3) is 0 Å². The van der Waals surface area contributed by atoms with Crippen molar-refractivity contribution in [1.82, 2.24) is 29.6 Å². The molecule has 0 saturated carbocycles. The van der Waals surface area contributed by atoms with Gasteiger partial charge >= 0.3 is 0 Å². The monoisotopic (exact) mass is 617 g/mol. The number of hydrogen-bond acceptors (Lipinski definition) is 6. The van der Waals surface area contributed by atoms with E-state index in [1.54, 1.807) is 0 Å². The van der Waals surface area contributed by atoms with Crippen LogP contribution >= 0.6 is 0 Å². The van der Waals surface area contributed by atoms with Gasteiger partial charge in [-0.1, -0.05) is 11.8 Å². The standard InChI is InChI=1S/C37H43N7O2/c1-41-17-3-9-33(41)36(45)43-19-5-7-31(43)30-23-26-21-24(13-15-27(26)38-30)11-12-25-14-16-28-29(22-25)40-35(39-28)32-8-6-20-44(32)37(46)34-10-4-18-42(34)2/h13-16,21-22,31-34H,3-10,17-20,23H2,1-2H3,(H,39,40)/t31?,32-,33-,34-/m0/s1. The number of nitrogens with zero attached hydrogens (tertiary/aromatic N) is 6. The highest BCUT2D eigenvalue weighted by atomic mass is 16.2. The van der Waals surface area contributed by atoms with Crippen LogP contribution in [0.2, 0.25) is 0 Å². The molecule has 8 rings (SSSR count). The molecular weight excluding hydrogens is 574 g/mol. The first-order chi connectivity index (χ1) is 22.4. The lowest BCUT2D eigenvalue weighted by molar-refractivity contribution is -0.137. The summed E-state index contributed by atoms with van der Waals surface area (Å²) in [6, 6.07) is 12.5. The Kier molecular flexibility index (Phi) is 7.66. The Labute approximate surface area is 271 Å². The molecule has 0 bridgehead atoms. The fourth-order valence-corrected chi connectivity index (χ4v) is 8.42. The third-order valence-corrected chi connectivity index (χ3v) is 10.9. The van der Waals surface area contributed by atoms with Crippen LogP contribution in [-0.4, -0.2) is 105 Å². The molecule has 9 nitrogen and oxygen atoms in total. The van der Waals surface area contributed by atoms with E-state index in [0.717, 1.165) is 123 Å². The average molecular weight is 618 g/mol. The summed E-state index contributed by atoms with van der Waals surface area (Å²) in [6.45, 7) is 3.62. The minimum Gasteiger partial charge on any atom is -0.340 e. The second-order valence-electron chi connectivity index (χ2n) is 13.9. The molecule has 5 aliphatic heterocycles. The lowest BCUT2D eigenvalue weighted by Gasteiger charge is -2.30. The van der Waals surface area contributed by atoms with E-state index in [1.807, 2.05) is 23.1 Å². The molecule has 5 aliphatic rings. The van der Waals surface area contributed by atoms with Gasteiger partial charge in [0.2, 0.25) is 11.8 Å². The van der Waals surface area contributed by atoms with Crippen LogP contribution in [0, 0.1) is 11.8 Å². The van der Waals surface area contributed by atoms with Gasteiger partial charge in [0.15, 0.2) is 0 Å². The van der Waals surface area contributed by atoms with E-state index in [0.29, 0.717) is 0 Å². The fraction of sp³-hybridized carbons (Fsp3) is 0.514. The van der Waals surface area contributed by atoms with Crippen LogP contribution in [0.5, 0.6) is 0 Å². The van der Waals surface area contributed by atoms with Crippen LogP contribution in [-0.2, 0) is 16.0 Å². The van der Waals surface area contributed by atoms with Crippen molar-refractivity contribution in [1.29, 1.82) is 0 Å². The molecule has 2 amide bonds. The first kappa shape index (κ1) is 29.4. The zero-order chi connectivity index (χ0) is 31.4. The Morgan fingerprint density at radius 2 is 1.37 bits per heavy atom. The molecular formula is C37H43N7O2. The van der Waals surface area contributed by atoms with Crippen LogP contribution in [0.4, 0.5) is 5.69 Å². The summed E-state index contributed by atoms with van der Waals surface area (Å²) in [5.74, 6) is 8.11. The molecule has 1 N–H and O–H groups in total. The third-order valence-electron chi connectivity index (χ3n) is 10.9. The van der Waals surface area contributed by atoms with E-state index in [4.69, 9.17) is 9.98 Å². The van der Waals surface area contributed by atoms with Crippen molar-refractivity contribution >= 4 is 34.2 Å². The molecule has 4 saturated heterocycles. The Bertz CT molecular complexity index is 1780. The van der Waals surface area contributed by atoms with E-state index < -0.39 is 0 Å². The number of H-pyrrole nitrogens is 1. The maximum absolute atomic E-state index is 13.4. The van der Waals surface area contributed by atoms with E-state index in [9.17, 15) is 9.59 Å². The molecule has 3 aromatic rings. The van der Waals surface area contributed by atoms with Crippen LogP contribution in [0.3, 0.4) is 0 Å². The number of likely N-dealkylation sites (tertiary alicyclic amines) is 4. The van der Waals surface area contributed by atoms with Crippen molar-refractivity contribution in [2.24, 2.45) is 4.99 Å². The van der Waals surface area contributed by atoms with Crippen LogP contribution in [0.15, 0.2) is 41.4 Å².